The van der Waals surface area contributed by atoms with Crippen molar-refractivity contribution < 1.29 is 0 Å². The third-order valence-corrected chi connectivity index (χ3v) is 9.66. The molecule has 0 spiro atoms. The Kier molecular flexibility index (Phi) is 7.19. The zero-order valence-corrected chi connectivity index (χ0v) is 27.6. The topological polar surface area (TPSA) is 9.86 Å². The molecule has 6 aromatic carbocycles. The van der Waals surface area contributed by atoms with Crippen LogP contribution in [0.25, 0.3) is 71.7 Å². The molecule has 0 saturated carbocycles. The Morgan fingerprint density at radius 1 is 0.565 bits per heavy atom. The second-order valence-electron chi connectivity index (χ2n) is 11.6. The number of rotatable bonds is 6. The van der Waals surface area contributed by atoms with Crippen LogP contribution in [0.5, 0.6) is 0 Å². The molecule has 220 valence electrons. The number of para-hydroxylation sites is 3. The summed E-state index contributed by atoms with van der Waals surface area (Å²) in [6.45, 7) is 6.66. The standard InChI is InChI=1S/C43H31IN2/c1-3-30(31-20-25-35(26-21-31)46-41-14-8-5-10-36(41)37-11-6-9-15-42(37)46)17-16-29(2)45-40-13-7-4-12-38(40)39-27-22-33(28-43(39)45)32-18-23-34(44)24-19-32/h3-28H,2H2,1H3/b17-16-,30-3+. The van der Waals surface area contributed by atoms with E-state index in [4.69, 9.17) is 0 Å². The monoisotopic (exact) mass is 702 g/mol. The van der Waals surface area contributed by atoms with E-state index in [1.54, 1.807) is 0 Å². The van der Waals surface area contributed by atoms with Crippen molar-refractivity contribution in [1.29, 1.82) is 0 Å². The second-order valence-corrected chi connectivity index (χ2v) is 12.8. The molecule has 0 amide bonds. The Hall–Kier alpha value is -5.13. The molecule has 0 bridgehead atoms. The molecule has 0 unspecified atom stereocenters. The first-order valence-electron chi connectivity index (χ1n) is 15.5. The van der Waals surface area contributed by atoms with E-state index in [-0.39, 0.29) is 0 Å². The van der Waals surface area contributed by atoms with Gasteiger partial charge in [0.2, 0.25) is 0 Å². The van der Waals surface area contributed by atoms with Gasteiger partial charge in [0, 0.05) is 36.5 Å². The molecular formula is C43H31IN2. The lowest BCUT2D eigenvalue weighted by atomic mass is 10.0. The number of allylic oxidation sites excluding steroid dienone is 5. The highest BCUT2D eigenvalue weighted by molar-refractivity contribution is 14.1. The van der Waals surface area contributed by atoms with Crippen LogP contribution in [0.2, 0.25) is 0 Å². The zero-order valence-electron chi connectivity index (χ0n) is 25.5. The Balaban J connectivity index is 1.15. The number of hydrogen-bond donors (Lipinski definition) is 0. The third kappa shape index (κ3) is 4.79. The summed E-state index contributed by atoms with van der Waals surface area (Å²) in [7, 11) is 0. The Morgan fingerprint density at radius 2 is 1.11 bits per heavy atom. The summed E-state index contributed by atoms with van der Waals surface area (Å²) in [6, 6.07) is 50.2. The summed E-state index contributed by atoms with van der Waals surface area (Å²) in [5, 5.41) is 5.00. The maximum Gasteiger partial charge on any atom is 0.0547 e. The molecule has 0 aliphatic heterocycles. The van der Waals surface area contributed by atoms with Crippen LogP contribution >= 0.6 is 22.6 Å². The van der Waals surface area contributed by atoms with Gasteiger partial charge in [-0.15, -0.1) is 0 Å². The van der Waals surface area contributed by atoms with E-state index in [1.807, 2.05) is 0 Å². The van der Waals surface area contributed by atoms with Gasteiger partial charge in [-0.2, -0.15) is 0 Å². The first-order valence-corrected chi connectivity index (χ1v) is 16.6. The average Bonchev–Trinajstić information content (AvgIpc) is 3.62. The minimum absolute atomic E-state index is 0.923. The van der Waals surface area contributed by atoms with Gasteiger partial charge in [-0.1, -0.05) is 110 Å². The molecule has 0 atom stereocenters. The number of aromatic nitrogens is 2. The third-order valence-electron chi connectivity index (χ3n) is 8.94. The predicted octanol–water partition coefficient (Wildman–Crippen LogP) is 12.3. The average molecular weight is 703 g/mol. The van der Waals surface area contributed by atoms with Crippen LogP contribution in [0.1, 0.15) is 12.5 Å². The summed E-state index contributed by atoms with van der Waals surface area (Å²) in [5.74, 6) is 0. The molecule has 0 aliphatic carbocycles. The highest BCUT2D eigenvalue weighted by atomic mass is 127. The van der Waals surface area contributed by atoms with Crippen LogP contribution in [0, 0.1) is 3.57 Å². The molecule has 0 aliphatic rings. The van der Waals surface area contributed by atoms with Crippen LogP contribution in [-0.4, -0.2) is 9.13 Å². The van der Waals surface area contributed by atoms with Gasteiger partial charge >= 0.3 is 0 Å². The fourth-order valence-electron chi connectivity index (χ4n) is 6.73. The SMILES string of the molecule is C=C(/C=C\C(=C/C)c1ccc(-n2c3ccccc3c3ccccc32)cc1)n1c2ccccc2c2ccc(-c3ccc(I)cc3)cc21. The zero-order chi connectivity index (χ0) is 31.2. The van der Waals surface area contributed by atoms with Gasteiger partial charge < -0.3 is 9.13 Å². The smallest absolute Gasteiger partial charge is 0.0547 e. The molecule has 0 fully saturated rings. The quantitative estimate of drug-likeness (QED) is 0.121. The lowest BCUT2D eigenvalue weighted by Crippen LogP contribution is -1.95. The summed E-state index contributed by atoms with van der Waals surface area (Å²) < 4.78 is 5.88. The molecule has 46 heavy (non-hydrogen) atoms. The largest absolute Gasteiger partial charge is 0.310 e. The van der Waals surface area contributed by atoms with Crippen molar-refractivity contribution in [3.05, 3.63) is 173 Å². The molecule has 3 heteroatoms. The molecule has 2 nitrogen and oxygen atoms in total. The molecule has 2 aromatic heterocycles. The van der Waals surface area contributed by atoms with Crippen LogP contribution in [0.15, 0.2) is 164 Å². The molecule has 0 saturated heterocycles. The van der Waals surface area contributed by atoms with Crippen LogP contribution < -0.4 is 0 Å². The minimum atomic E-state index is 0.923. The van der Waals surface area contributed by atoms with Crippen molar-refractivity contribution in [2.45, 2.75) is 6.92 Å². The molecule has 8 aromatic rings. The Labute approximate surface area is 282 Å². The summed E-state index contributed by atoms with van der Waals surface area (Å²) >= 11 is 2.36. The first kappa shape index (κ1) is 28.4. The number of benzene rings is 6. The minimum Gasteiger partial charge on any atom is -0.310 e. The molecule has 0 N–H and O–H groups in total. The Bertz CT molecular complexity index is 2430. The van der Waals surface area contributed by atoms with E-state index in [2.05, 4.69) is 203 Å². The Morgan fingerprint density at radius 3 is 1.74 bits per heavy atom. The van der Waals surface area contributed by atoms with E-state index in [1.165, 1.54) is 52.8 Å². The maximum absolute atomic E-state index is 4.56. The molecule has 0 radical (unpaired) electrons. The van der Waals surface area contributed by atoms with Crippen LogP contribution in [0.3, 0.4) is 0 Å². The van der Waals surface area contributed by atoms with Gasteiger partial charge in [0.05, 0.1) is 22.1 Å². The van der Waals surface area contributed by atoms with Crippen molar-refractivity contribution >= 4 is 77.5 Å². The summed E-state index contributed by atoms with van der Waals surface area (Å²) in [6.07, 6.45) is 6.49. The van der Waals surface area contributed by atoms with Crippen molar-refractivity contribution in [2.24, 2.45) is 0 Å². The van der Waals surface area contributed by atoms with Crippen molar-refractivity contribution in [3.8, 4) is 16.8 Å². The van der Waals surface area contributed by atoms with Gasteiger partial charge in [0.1, 0.15) is 0 Å². The van der Waals surface area contributed by atoms with Gasteiger partial charge in [0.15, 0.2) is 0 Å². The van der Waals surface area contributed by atoms with Gasteiger partial charge in [-0.3, -0.25) is 0 Å². The van der Waals surface area contributed by atoms with Crippen molar-refractivity contribution in [1.82, 2.24) is 9.13 Å². The predicted molar refractivity (Wildman–Crippen MR) is 206 cm³/mol. The molecular weight excluding hydrogens is 671 g/mol. The fraction of sp³-hybridized carbons (Fsp3) is 0.0233. The van der Waals surface area contributed by atoms with Gasteiger partial charge in [-0.05, 0) is 106 Å². The number of halogens is 1. The van der Waals surface area contributed by atoms with E-state index in [9.17, 15) is 0 Å². The van der Waals surface area contributed by atoms with E-state index in [0.29, 0.717) is 0 Å². The van der Waals surface area contributed by atoms with Gasteiger partial charge in [-0.25, -0.2) is 0 Å². The summed E-state index contributed by atoms with van der Waals surface area (Å²) in [4.78, 5) is 0. The van der Waals surface area contributed by atoms with Crippen LogP contribution in [0.4, 0.5) is 0 Å². The molecule has 2 heterocycles. The van der Waals surface area contributed by atoms with E-state index >= 15 is 0 Å². The highest BCUT2D eigenvalue weighted by Crippen LogP contribution is 2.36. The number of fused-ring (bicyclic) bond motifs is 6. The lowest BCUT2D eigenvalue weighted by Gasteiger charge is -2.11. The summed E-state index contributed by atoms with van der Waals surface area (Å²) in [5.41, 5.74) is 11.5. The number of nitrogens with zero attached hydrogens (tertiary/aromatic N) is 2. The van der Waals surface area contributed by atoms with E-state index < -0.39 is 0 Å². The van der Waals surface area contributed by atoms with Gasteiger partial charge in [0.25, 0.3) is 0 Å². The van der Waals surface area contributed by atoms with Crippen LogP contribution in [-0.2, 0) is 0 Å². The molecule has 8 rings (SSSR count). The normalized spacial score (nSPS) is 12.3. The lowest BCUT2D eigenvalue weighted by molar-refractivity contribution is 1.18. The second kappa shape index (κ2) is 11.7. The van der Waals surface area contributed by atoms with Crippen molar-refractivity contribution in [2.75, 3.05) is 0 Å². The number of hydrogen-bond acceptors (Lipinski definition) is 0. The highest BCUT2D eigenvalue weighted by Gasteiger charge is 2.14. The van der Waals surface area contributed by atoms with E-state index in [0.717, 1.165) is 28.0 Å². The van der Waals surface area contributed by atoms with Crippen molar-refractivity contribution in [3.63, 3.8) is 0 Å². The maximum atomic E-state index is 4.56. The fourth-order valence-corrected chi connectivity index (χ4v) is 7.08. The first-order chi connectivity index (χ1) is 22.6.